The van der Waals surface area contributed by atoms with Crippen molar-refractivity contribution in [2.45, 2.75) is 20.3 Å². The van der Waals surface area contributed by atoms with Gasteiger partial charge in [-0.2, -0.15) is 0 Å². The molecule has 0 heterocycles. The number of nitrogens with two attached hydrogens (primary N) is 1. The van der Waals surface area contributed by atoms with Crippen molar-refractivity contribution in [2.75, 3.05) is 24.1 Å². The Morgan fingerprint density at radius 1 is 1.04 bits per heavy atom. The molecule has 0 aliphatic carbocycles. The predicted molar refractivity (Wildman–Crippen MR) is 96.9 cm³/mol. The van der Waals surface area contributed by atoms with Gasteiger partial charge in [0.1, 0.15) is 0 Å². The van der Waals surface area contributed by atoms with Crippen molar-refractivity contribution in [1.29, 1.82) is 0 Å². The molecule has 0 radical (unpaired) electrons. The van der Waals surface area contributed by atoms with E-state index in [1.807, 2.05) is 26.0 Å². The number of carbonyl (C=O) groups is 2. The van der Waals surface area contributed by atoms with E-state index in [0.717, 1.165) is 5.56 Å². The SMILES string of the molecule is CCN(CC)C(=O)c1cccc(NC(=O)Cc2cccc(N)c2)c1. The van der Waals surface area contributed by atoms with Crippen LogP contribution in [0.5, 0.6) is 0 Å². The largest absolute Gasteiger partial charge is 0.399 e. The molecule has 0 saturated carbocycles. The minimum Gasteiger partial charge on any atom is -0.399 e. The third-order valence-electron chi connectivity index (χ3n) is 3.76. The smallest absolute Gasteiger partial charge is 0.253 e. The van der Waals surface area contributed by atoms with E-state index in [9.17, 15) is 9.59 Å². The highest BCUT2D eigenvalue weighted by molar-refractivity contribution is 5.97. The van der Waals surface area contributed by atoms with Gasteiger partial charge in [-0.3, -0.25) is 9.59 Å². The summed E-state index contributed by atoms with van der Waals surface area (Å²) in [6.07, 6.45) is 0.235. The van der Waals surface area contributed by atoms with E-state index in [4.69, 9.17) is 5.73 Å². The Labute approximate surface area is 142 Å². The number of rotatable bonds is 6. The number of nitrogens with zero attached hydrogens (tertiary/aromatic N) is 1. The number of anilines is 2. The van der Waals surface area contributed by atoms with Crippen LogP contribution < -0.4 is 11.1 Å². The molecule has 0 saturated heterocycles. The monoisotopic (exact) mass is 325 g/mol. The number of amides is 2. The molecule has 2 aromatic rings. The summed E-state index contributed by atoms with van der Waals surface area (Å²) in [7, 11) is 0. The number of carbonyl (C=O) groups excluding carboxylic acids is 2. The first-order valence-electron chi connectivity index (χ1n) is 8.07. The second-order valence-electron chi connectivity index (χ2n) is 5.53. The van der Waals surface area contributed by atoms with Crippen LogP contribution in [0.3, 0.4) is 0 Å². The minimum atomic E-state index is -0.145. The highest BCUT2D eigenvalue weighted by Crippen LogP contribution is 2.14. The summed E-state index contributed by atoms with van der Waals surface area (Å²) >= 11 is 0. The number of hydrogen-bond donors (Lipinski definition) is 2. The Hall–Kier alpha value is -2.82. The van der Waals surface area contributed by atoms with Gasteiger partial charge in [0.05, 0.1) is 6.42 Å². The number of nitrogen functional groups attached to an aromatic ring is 1. The second kappa shape index (κ2) is 8.15. The lowest BCUT2D eigenvalue weighted by atomic mass is 10.1. The van der Waals surface area contributed by atoms with Crippen LogP contribution >= 0.6 is 0 Å². The molecule has 0 fully saturated rings. The molecule has 0 aliphatic heterocycles. The number of hydrogen-bond acceptors (Lipinski definition) is 3. The fourth-order valence-electron chi connectivity index (χ4n) is 2.52. The average molecular weight is 325 g/mol. The van der Waals surface area contributed by atoms with Crippen LogP contribution in [0.2, 0.25) is 0 Å². The molecular formula is C19H23N3O2. The molecule has 0 unspecified atom stereocenters. The molecule has 0 bridgehead atoms. The summed E-state index contributed by atoms with van der Waals surface area (Å²) < 4.78 is 0. The summed E-state index contributed by atoms with van der Waals surface area (Å²) in [5, 5.41) is 2.83. The predicted octanol–water partition coefficient (Wildman–Crippen LogP) is 2.93. The van der Waals surface area contributed by atoms with Gasteiger partial charge in [0.2, 0.25) is 5.91 Å². The third-order valence-corrected chi connectivity index (χ3v) is 3.76. The van der Waals surface area contributed by atoms with Gasteiger partial charge in [-0.25, -0.2) is 0 Å². The van der Waals surface area contributed by atoms with Gasteiger partial charge in [0.15, 0.2) is 0 Å². The van der Waals surface area contributed by atoms with Gasteiger partial charge >= 0.3 is 0 Å². The molecule has 0 spiro atoms. The zero-order chi connectivity index (χ0) is 17.5. The van der Waals surface area contributed by atoms with Crippen LogP contribution in [-0.4, -0.2) is 29.8 Å². The maximum atomic E-state index is 12.4. The van der Waals surface area contributed by atoms with Crippen molar-refractivity contribution in [1.82, 2.24) is 4.90 Å². The summed E-state index contributed by atoms with van der Waals surface area (Å²) in [6, 6.07) is 14.2. The number of benzene rings is 2. The molecule has 2 amide bonds. The quantitative estimate of drug-likeness (QED) is 0.802. The first kappa shape index (κ1) is 17.5. The van der Waals surface area contributed by atoms with Gasteiger partial charge < -0.3 is 16.0 Å². The Balaban J connectivity index is 2.06. The lowest BCUT2D eigenvalue weighted by molar-refractivity contribution is -0.115. The van der Waals surface area contributed by atoms with Gasteiger partial charge in [-0.1, -0.05) is 18.2 Å². The molecule has 126 valence electrons. The van der Waals surface area contributed by atoms with Crippen molar-refractivity contribution >= 4 is 23.2 Å². The van der Waals surface area contributed by atoms with Crippen molar-refractivity contribution in [3.63, 3.8) is 0 Å². The highest BCUT2D eigenvalue weighted by atomic mass is 16.2. The van der Waals surface area contributed by atoms with Crippen LogP contribution in [0.25, 0.3) is 0 Å². The normalized spacial score (nSPS) is 10.2. The fourth-order valence-corrected chi connectivity index (χ4v) is 2.52. The Morgan fingerprint density at radius 2 is 1.75 bits per heavy atom. The van der Waals surface area contributed by atoms with E-state index < -0.39 is 0 Å². The van der Waals surface area contributed by atoms with Crippen molar-refractivity contribution in [2.24, 2.45) is 0 Å². The second-order valence-corrected chi connectivity index (χ2v) is 5.53. The maximum Gasteiger partial charge on any atom is 0.253 e. The topological polar surface area (TPSA) is 75.4 Å². The van der Waals surface area contributed by atoms with Crippen LogP contribution in [0.4, 0.5) is 11.4 Å². The first-order chi connectivity index (χ1) is 11.5. The van der Waals surface area contributed by atoms with E-state index in [-0.39, 0.29) is 18.2 Å². The molecule has 3 N–H and O–H groups in total. The Bertz CT molecular complexity index is 724. The van der Waals surface area contributed by atoms with Crippen molar-refractivity contribution in [3.05, 3.63) is 59.7 Å². The van der Waals surface area contributed by atoms with Crippen LogP contribution in [0.1, 0.15) is 29.8 Å². The van der Waals surface area contributed by atoms with E-state index in [1.165, 1.54) is 0 Å². The molecule has 0 aliphatic rings. The fraction of sp³-hybridized carbons (Fsp3) is 0.263. The highest BCUT2D eigenvalue weighted by Gasteiger charge is 2.13. The van der Waals surface area contributed by atoms with Gasteiger partial charge in [-0.15, -0.1) is 0 Å². The Kier molecular flexibility index (Phi) is 5.95. The summed E-state index contributed by atoms with van der Waals surface area (Å²) in [6.45, 7) is 5.19. The molecule has 0 aromatic heterocycles. The van der Waals surface area contributed by atoms with Gasteiger partial charge in [-0.05, 0) is 49.7 Å². The molecule has 5 nitrogen and oxygen atoms in total. The lowest BCUT2D eigenvalue weighted by Gasteiger charge is -2.19. The zero-order valence-electron chi connectivity index (χ0n) is 14.1. The molecule has 24 heavy (non-hydrogen) atoms. The number of nitrogens with one attached hydrogen (secondary N) is 1. The summed E-state index contributed by atoms with van der Waals surface area (Å²) in [5.74, 6) is -0.181. The summed E-state index contributed by atoms with van der Waals surface area (Å²) in [5.41, 5.74) is 8.39. The zero-order valence-corrected chi connectivity index (χ0v) is 14.1. The Morgan fingerprint density at radius 3 is 2.42 bits per heavy atom. The van der Waals surface area contributed by atoms with Gasteiger partial charge in [0.25, 0.3) is 5.91 Å². The van der Waals surface area contributed by atoms with Crippen LogP contribution in [0, 0.1) is 0 Å². The van der Waals surface area contributed by atoms with Crippen LogP contribution in [0.15, 0.2) is 48.5 Å². The van der Waals surface area contributed by atoms with Gasteiger partial charge in [0, 0.05) is 30.0 Å². The molecular weight excluding hydrogens is 302 g/mol. The van der Waals surface area contributed by atoms with E-state index in [1.54, 1.807) is 41.3 Å². The van der Waals surface area contributed by atoms with E-state index in [2.05, 4.69) is 5.32 Å². The molecule has 5 heteroatoms. The molecule has 2 aromatic carbocycles. The van der Waals surface area contributed by atoms with E-state index in [0.29, 0.717) is 30.0 Å². The van der Waals surface area contributed by atoms with Crippen molar-refractivity contribution < 1.29 is 9.59 Å². The third kappa shape index (κ3) is 4.59. The maximum absolute atomic E-state index is 12.4. The standard InChI is InChI=1S/C19H23N3O2/c1-3-22(4-2)19(24)15-8-6-10-17(13-15)21-18(23)12-14-7-5-9-16(20)11-14/h5-11,13H,3-4,12,20H2,1-2H3,(H,21,23). The van der Waals surface area contributed by atoms with Crippen LogP contribution in [-0.2, 0) is 11.2 Å². The summed E-state index contributed by atoms with van der Waals surface area (Å²) in [4.78, 5) is 26.3. The molecule has 2 rings (SSSR count). The average Bonchev–Trinajstić information content (AvgIpc) is 2.56. The van der Waals surface area contributed by atoms with Crippen molar-refractivity contribution in [3.8, 4) is 0 Å². The molecule has 0 atom stereocenters. The lowest BCUT2D eigenvalue weighted by Crippen LogP contribution is -2.30. The van der Waals surface area contributed by atoms with E-state index >= 15 is 0 Å². The first-order valence-corrected chi connectivity index (χ1v) is 8.07. The minimum absolute atomic E-state index is 0.0352.